The molecule has 4 rings (SSSR count). The average Bonchev–Trinajstić information content (AvgIpc) is 2.63. The maximum Gasteiger partial charge on any atom is 0.416 e. The summed E-state index contributed by atoms with van der Waals surface area (Å²) in [7, 11) is 0. The first-order valence-electron chi connectivity index (χ1n) is 8.10. The zero-order valence-electron chi connectivity index (χ0n) is 13.8. The Morgan fingerprint density at radius 2 is 1.74 bits per heavy atom. The predicted octanol–water partition coefficient (Wildman–Crippen LogP) is 2.95. The fourth-order valence-electron chi connectivity index (χ4n) is 2.78. The zero-order valence-corrected chi connectivity index (χ0v) is 13.8. The molecule has 0 radical (unpaired) electrons. The number of rotatable bonds is 3. The molecule has 6 nitrogen and oxygen atoms in total. The number of pyridine rings is 1. The van der Waals surface area contributed by atoms with Gasteiger partial charge in [-0.05, 0) is 24.3 Å². The van der Waals surface area contributed by atoms with Crippen LogP contribution in [0.1, 0.15) is 15.9 Å². The van der Waals surface area contributed by atoms with Gasteiger partial charge in [0.05, 0.1) is 29.7 Å². The Balaban J connectivity index is 1.39. The molecule has 0 N–H and O–H groups in total. The SMILES string of the molecule is O=C(c1ccc2nccnc2c1)N1CC(Oc2cc(C(F)(F)F)ccn2)C1. The van der Waals surface area contributed by atoms with E-state index in [9.17, 15) is 18.0 Å². The van der Waals surface area contributed by atoms with Gasteiger partial charge in [-0.15, -0.1) is 0 Å². The van der Waals surface area contributed by atoms with E-state index >= 15 is 0 Å². The summed E-state index contributed by atoms with van der Waals surface area (Å²) < 4.78 is 43.6. The molecule has 138 valence electrons. The van der Waals surface area contributed by atoms with Gasteiger partial charge >= 0.3 is 6.18 Å². The first kappa shape index (κ1) is 17.2. The van der Waals surface area contributed by atoms with Crippen molar-refractivity contribution >= 4 is 16.9 Å². The van der Waals surface area contributed by atoms with Crippen molar-refractivity contribution in [1.82, 2.24) is 19.9 Å². The summed E-state index contributed by atoms with van der Waals surface area (Å²) >= 11 is 0. The molecule has 27 heavy (non-hydrogen) atoms. The highest BCUT2D eigenvalue weighted by Crippen LogP contribution is 2.31. The lowest BCUT2D eigenvalue weighted by molar-refractivity contribution is -0.137. The summed E-state index contributed by atoms with van der Waals surface area (Å²) in [4.78, 5) is 26.2. The third-order valence-corrected chi connectivity index (χ3v) is 4.20. The van der Waals surface area contributed by atoms with Crippen LogP contribution >= 0.6 is 0 Å². The van der Waals surface area contributed by atoms with Crippen molar-refractivity contribution in [3.8, 4) is 5.88 Å². The van der Waals surface area contributed by atoms with Crippen LogP contribution in [0.4, 0.5) is 13.2 Å². The second-order valence-corrected chi connectivity index (χ2v) is 6.09. The van der Waals surface area contributed by atoms with Crippen molar-refractivity contribution in [1.29, 1.82) is 0 Å². The summed E-state index contributed by atoms with van der Waals surface area (Å²) in [5.74, 6) is -0.303. The van der Waals surface area contributed by atoms with E-state index in [2.05, 4.69) is 15.0 Å². The monoisotopic (exact) mass is 374 g/mol. The van der Waals surface area contributed by atoms with E-state index in [-0.39, 0.29) is 24.9 Å². The van der Waals surface area contributed by atoms with Crippen LogP contribution in [-0.2, 0) is 6.18 Å². The minimum atomic E-state index is -4.46. The average molecular weight is 374 g/mol. The number of fused-ring (bicyclic) bond motifs is 1. The molecule has 3 aromatic rings. The molecule has 3 heterocycles. The van der Waals surface area contributed by atoms with Gasteiger partial charge in [-0.1, -0.05) is 0 Å². The van der Waals surface area contributed by atoms with Gasteiger partial charge in [-0.3, -0.25) is 14.8 Å². The largest absolute Gasteiger partial charge is 0.471 e. The Bertz CT molecular complexity index is 1000. The van der Waals surface area contributed by atoms with Crippen LogP contribution in [-0.4, -0.2) is 45.0 Å². The number of nitrogens with zero attached hydrogens (tertiary/aromatic N) is 4. The fourth-order valence-corrected chi connectivity index (χ4v) is 2.78. The number of hydrogen-bond acceptors (Lipinski definition) is 5. The Morgan fingerprint density at radius 3 is 2.48 bits per heavy atom. The zero-order chi connectivity index (χ0) is 19.0. The minimum Gasteiger partial charge on any atom is -0.471 e. The van der Waals surface area contributed by atoms with Crippen molar-refractivity contribution in [2.45, 2.75) is 12.3 Å². The van der Waals surface area contributed by atoms with Gasteiger partial charge in [-0.2, -0.15) is 13.2 Å². The third-order valence-electron chi connectivity index (χ3n) is 4.20. The van der Waals surface area contributed by atoms with Crippen molar-refractivity contribution in [2.75, 3.05) is 13.1 Å². The van der Waals surface area contributed by atoms with E-state index < -0.39 is 17.8 Å². The van der Waals surface area contributed by atoms with E-state index in [4.69, 9.17) is 4.74 Å². The standard InChI is InChI=1S/C18H13F3N4O2/c19-18(20,21)12-3-4-24-16(8-12)27-13-9-25(10-13)17(26)11-1-2-14-15(7-11)23-6-5-22-14/h1-8,13H,9-10H2. The number of likely N-dealkylation sites (tertiary alicyclic amines) is 1. The molecular weight excluding hydrogens is 361 g/mol. The van der Waals surface area contributed by atoms with Crippen LogP contribution in [0.25, 0.3) is 11.0 Å². The predicted molar refractivity (Wildman–Crippen MR) is 89.1 cm³/mol. The highest BCUT2D eigenvalue weighted by molar-refractivity contribution is 5.97. The first-order chi connectivity index (χ1) is 12.9. The number of benzene rings is 1. The first-order valence-corrected chi connectivity index (χ1v) is 8.10. The van der Waals surface area contributed by atoms with Crippen molar-refractivity contribution in [3.05, 3.63) is 60.0 Å². The van der Waals surface area contributed by atoms with Crippen molar-refractivity contribution < 1.29 is 22.7 Å². The second kappa shape index (κ2) is 6.49. The number of carbonyl (C=O) groups is 1. The highest BCUT2D eigenvalue weighted by atomic mass is 19.4. The summed E-state index contributed by atoms with van der Waals surface area (Å²) in [6.45, 7) is 0.546. The number of alkyl halides is 3. The quantitative estimate of drug-likeness (QED) is 0.705. The van der Waals surface area contributed by atoms with Crippen molar-refractivity contribution in [2.24, 2.45) is 0 Å². The summed E-state index contributed by atoms with van der Waals surface area (Å²) in [5, 5.41) is 0. The van der Waals surface area contributed by atoms with E-state index in [1.54, 1.807) is 35.5 Å². The minimum absolute atomic E-state index is 0.108. The molecule has 0 spiro atoms. The molecule has 1 amide bonds. The molecule has 1 fully saturated rings. The van der Waals surface area contributed by atoms with Crippen LogP contribution in [0.2, 0.25) is 0 Å². The van der Waals surface area contributed by atoms with Gasteiger partial charge in [0.25, 0.3) is 5.91 Å². The Hall–Kier alpha value is -3.23. The molecule has 1 aromatic carbocycles. The summed E-state index contributed by atoms with van der Waals surface area (Å²) in [6, 6.07) is 6.78. The maximum absolute atomic E-state index is 12.7. The lowest BCUT2D eigenvalue weighted by Crippen LogP contribution is -2.56. The molecule has 1 saturated heterocycles. The van der Waals surface area contributed by atoms with E-state index in [1.165, 1.54) is 0 Å². The molecule has 0 saturated carbocycles. The second-order valence-electron chi connectivity index (χ2n) is 6.09. The summed E-state index contributed by atoms with van der Waals surface area (Å²) in [5.41, 5.74) is 0.954. The van der Waals surface area contributed by atoms with Gasteiger partial charge < -0.3 is 9.64 Å². The van der Waals surface area contributed by atoms with E-state index in [0.29, 0.717) is 16.6 Å². The van der Waals surface area contributed by atoms with E-state index in [1.807, 2.05) is 0 Å². The number of hydrogen-bond donors (Lipinski definition) is 0. The molecule has 0 unspecified atom stereocenters. The van der Waals surface area contributed by atoms with Crippen LogP contribution in [0.5, 0.6) is 5.88 Å². The lowest BCUT2D eigenvalue weighted by atomic mass is 10.1. The Kier molecular flexibility index (Phi) is 4.14. The summed E-state index contributed by atoms with van der Waals surface area (Å²) in [6.07, 6.45) is -0.683. The Morgan fingerprint density at radius 1 is 1.00 bits per heavy atom. The Labute approximate surface area is 151 Å². The molecule has 2 aromatic heterocycles. The number of ether oxygens (including phenoxy) is 1. The molecule has 0 aliphatic carbocycles. The third kappa shape index (κ3) is 3.53. The topological polar surface area (TPSA) is 68.2 Å². The van der Waals surface area contributed by atoms with Crippen LogP contribution < -0.4 is 4.74 Å². The molecular formula is C18H13F3N4O2. The molecule has 9 heteroatoms. The molecule has 0 bridgehead atoms. The fraction of sp³-hybridized carbons (Fsp3) is 0.222. The van der Waals surface area contributed by atoms with Crippen LogP contribution in [0.3, 0.4) is 0 Å². The molecule has 1 aliphatic heterocycles. The number of carbonyl (C=O) groups excluding carboxylic acids is 1. The van der Waals surface area contributed by atoms with Crippen LogP contribution in [0, 0.1) is 0 Å². The van der Waals surface area contributed by atoms with Gasteiger partial charge in [0.1, 0.15) is 6.10 Å². The van der Waals surface area contributed by atoms with Crippen molar-refractivity contribution in [3.63, 3.8) is 0 Å². The molecule has 1 aliphatic rings. The number of amides is 1. The lowest BCUT2D eigenvalue weighted by Gasteiger charge is -2.38. The normalized spacial score (nSPS) is 14.9. The molecule has 0 atom stereocenters. The maximum atomic E-state index is 12.7. The number of halogens is 3. The highest BCUT2D eigenvalue weighted by Gasteiger charge is 2.34. The number of aromatic nitrogens is 3. The van der Waals surface area contributed by atoms with Gasteiger partial charge in [0, 0.05) is 30.2 Å². The smallest absolute Gasteiger partial charge is 0.416 e. The van der Waals surface area contributed by atoms with Gasteiger partial charge in [0.2, 0.25) is 5.88 Å². The van der Waals surface area contributed by atoms with E-state index in [0.717, 1.165) is 18.3 Å². The van der Waals surface area contributed by atoms with Crippen LogP contribution in [0.15, 0.2) is 48.9 Å². The van der Waals surface area contributed by atoms with Gasteiger partial charge in [-0.25, -0.2) is 4.98 Å². The van der Waals surface area contributed by atoms with Gasteiger partial charge in [0.15, 0.2) is 0 Å².